The summed E-state index contributed by atoms with van der Waals surface area (Å²) in [6.07, 6.45) is 3.00. The van der Waals surface area contributed by atoms with Crippen LogP contribution in [0.3, 0.4) is 0 Å². The molecule has 1 aliphatic rings. The molecular weight excluding hydrogens is 352 g/mol. The van der Waals surface area contributed by atoms with Gasteiger partial charge >= 0.3 is 0 Å². The zero-order valence-corrected chi connectivity index (χ0v) is 13.9. The normalized spacial score (nSPS) is 16.0. The van der Waals surface area contributed by atoms with Gasteiger partial charge in [-0.15, -0.1) is 0 Å². The van der Waals surface area contributed by atoms with E-state index in [0.29, 0.717) is 11.6 Å². The second kappa shape index (κ2) is 6.85. The number of benzene rings is 1. The van der Waals surface area contributed by atoms with Crippen LogP contribution in [0.25, 0.3) is 0 Å². The third-order valence-corrected chi connectivity index (χ3v) is 5.88. The molecule has 0 spiro atoms. The summed E-state index contributed by atoms with van der Waals surface area (Å²) < 4.78 is 52.9. The second-order valence-electron chi connectivity index (χ2n) is 5.51. The molecule has 9 heteroatoms. The Morgan fingerprint density at radius 1 is 1.08 bits per heavy atom. The molecule has 6 nitrogen and oxygen atoms in total. The Morgan fingerprint density at radius 2 is 1.80 bits per heavy atom. The molecule has 1 saturated heterocycles. The van der Waals surface area contributed by atoms with Gasteiger partial charge in [0.1, 0.15) is 16.5 Å². The first-order valence-corrected chi connectivity index (χ1v) is 8.98. The molecule has 1 fully saturated rings. The maximum absolute atomic E-state index is 13.8. The van der Waals surface area contributed by atoms with Gasteiger partial charge in [-0.2, -0.15) is 4.31 Å². The summed E-state index contributed by atoms with van der Waals surface area (Å²) in [5.74, 6) is -2.21. The van der Waals surface area contributed by atoms with E-state index in [1.165, 1.54) is 11.1 Å². The highest BCUT2D eigenvalue weighted by Gasteiger charge is 2.32. The summed E-state index contributed by atoms with van der Waals surface area (Å²) in [5, 5.41) is 0. The van der Waals surface area contributed by atoms with Gasteiger partial charge in [0, 0.05) is 44.6 Å². The maximum Gasteiger partial charge on any atom is 0.255 e. The average Bonchev–Trinajstić information content (AvgIpc) is 2.61. The molecule has 1 aliphatic heterocycles. The first-order chi connectivity index (χ1) is 11.9. The van der Waals surface area contributed by atoms with Crippen molar-refractivity contribution in [2.45, 2.75) is 4.90 Å². The number of hydrogen-bond acceptors (Lipinski definition) is 4. The molecule has 25 heavy (non-hydrogen) atoms. The Morgan fingerprint density at radius 3 is 2.40 bits per heavy atom. The predicted octanol–water partition coefficient (Wildman–Crippen LogP) is 1.51. The van der Waals surface area contributed by atoms with Crippen molar-refractivity contribution in [1.82, 2.24) is 14.2 Å². The molecule has 1 aromatic heterocycles. The lowest BCUT2D eigenvalue weighted by Crippen LogP contribution is -2.50. The molecule has 0 bridgehead atoms. The molecular formula is C16H15F2N3O3S. The van der Waals surface area contributed by atoms with Gasteiger partial charge in [-0.3, -0.25) is 9.78 Å². The Labute approximate surface area is 143 Å². The number of carbonyl (C=O) groups is 1. The summed E-state index contributed by atoms with van der Waals surface area (Å²) in [6.45, 7) is 0.418. The molecule has 0 aliphatic carbocycles. The van der Waals surface area contributed by atoms with E-state index in [9.17, 15) is 22.0 Å². The molecule has 0 saturated carbocycles. The van der Waals surface area contributed by atoms with E-state index in [1.54, 1.807) is 18.3 Å². The monoisotopic (exact) mass is 367 g/mol. The summed E-state index contributed by atoms with van der Waals surface area (Å²) in [7, 11) is -4.08. The van der Waals surface area contributed by atoms with Crippen LogP contribution in [0.5, 0.6) is 0 Å². The highest BCUT2D eigenvalue weighted by molar-refractivity contribution is 7.89. The molecule has 132 valence electrons. The minimum atomic E-state index is -4.08. The third kappa shape index (κ3) is 3.52. The number of rotatable bonds is 3. The second-order valence-corrected chi connectivity index (χ2v) is 7.42. The number of sulfonamides is 1. The quantitative estimate of drug-likeness (QED) is 0.825. The fourth-order valence-electron chi connectivity index (χ4n) is 2.63. The zero-order chi connectivity index (χ0) is 18.0. The van der Waals surface area contributed by atoms with Crippen LogP contribution < -0.4 is 0 Å². The lowest BCUT2D eigenvalue weighted by atomic mass is 10.2. The lowest BCUT2D eigenvalue weighted by molar-refractivity contribution is 0.0697. The number of halogens is 2. The van der Waals surface area contributed by atoms with Crippen molar-refractivity contribution < 1.29 is 22.0 Å². The van der Waals surface area contributed by atoms with Crippen molar-refractivity contribution in [2.24, 2.45) is 0 Å². The Balaban J connectivity index is 1.72. The zero-order valence-electron chi connectivity index (χ0n) is 13.1. The topological polar surface area (TPSA) is 70.6 Å². The fourth-order valence-corrected chi connectivity index (χ4v) is 4.09. The van der Waals surface area contributed by atoms with Crippen molar-refractivity contribution in [3.63, 3.8) is 0 Å². The molecule has 2 heterocycles. The number of nitrogens with zero attached hydrogens (tertiary/aromatic N) is 3. The minimum Gasteiger partial charge on any atom is -0.336 e. The van der Waals surface area contributed by atoms with E-state index in [-0.39, 0.29) is 32.1 Å². The summed E-state index contributed by atoms with van der Waals surface area (Å²) in [4.78, 5) is 17.2. The van der Waals surface area contributed by atoms with Crippen molar-refractivity contribution >= 4 is 15.9 Å². The van der Waals surface area contributed by atoms with Crippen molar-refractivity contribution in [2.75, 3.05) is 26.2 Å². The van der Waals surface area contributed by atoms with Crippen LogP contribution in [0.2, 0.25) is 0 Å². The van der Waals surface area contributed by atoms with Crippen molar-refractivity contribution in [3.05, 3.63) is 59.9 Å². The van der Waals surface area contributed by atoms with E-state index in [0.717, 1.165) is 16.4 Å². The van der Waals surface area contributed by atoms with Crippen molar-refractivity contribution in [1.29, 1.82) is 0 Å². The first kappa shape index (κ1) is 17.4. The van der Waals surface area contributed by atoms with E-state index in [1.807, 2.05) is 0 Å². The van der Waals surface area contributed by atoms with Gasteiger partial charge in [0.25, 0.3) is 5.91 Å². The number of hydrogen-bond donors (Lipinski definition) is 0. The molecule has 1 amide bonds. The third-order valence-electron chi connectivity index (χ3n) is 3.95. The van der Waals surface area contributed by atoms with Gasteiger partial charge in [0.05, 0.1) is 5.56 Å². The van der Waals surface area contributed by atoms with Crippen molar-refractivity contribution in [3.8, 4) is 0 Å². The number of piperazine rings is 1. The Bertz CT molecular complexity index is 883. The van der Waals surface area contributed by atoms with Gasteiger partial charge in [-0.25, -0.2) is 17.2 Å². The minimum absolute atomic E-state index is 0.0329. The molecule has 0 atom stereocenters. The van der Waals surface area contributed by atoms with Crippen LogP contribution in [0.4, 0.5) is 8.78 Å². The van der Waals surface area contributed by atoms with Crippen LogP contribution in [-0.4, -0.2) is 54.7 Å². The van der Waals surface area contributed by atoms with Gasteiger partial charge in [-0.1, -0.05) is 0 Å². The number of pyridine rings is 1. The fraction of sp³-hybridized carbons (Fsp3) is 0.250. The van der Waals surface area contributed by atoms with Gasteiger partial charge < -0.3 is 4.90 Å². The van der Waals surface area contributed by atoms with E-state index < -0.39 is 26.6 Å². The lowest BCUT2D eigenvalue weighted by Gasteiger charge is -2.34. The molecule has 0 N–H and O–H groups in total. The Kier molecular flexibility index (Phi) is 4.78. The van der Waals surface area contributed by atoms with Gasteiger partial charge in [-0.05, 0) is 24.3 Å². The van der Waals surface area contributed by atoms with E-state index in [4.69, 9.17) is 0 Å². The summed E-state index contributed by atoms with van der Waals surface area (Å²) in [5.41, 5.74) is 0.420. The van der Waals surface area contributed by atoms with Gasteiger partial charge in [0.15, 0.2) is 0 Å². The highest BCUT2D eigenvalue weighted by Crippen LogP contribution is 2.21. The summed E-state index contributed by atoms with van der Waals surface area (Å²) >= 11 is 0. The van der Waals surface area contributed by atoms with Crippen LogP contribution >= 0.6 is 0 Å². The molecule has 1 aromatic carbocycles. The highest BCUT2D eigenvalue weighted by atomic mass is 32.2. The standard InChI is InChI=1S/C16H15F2N3O3S/c17-13-3-4-15(14(18)10-13)25(23,24)21-8-6-20(7-9-21)16(22)12-2-1-5-19-11-12/h1-5,10-11H,6-9H2. The van der Waals surface area contributed by atoms with Crippen LogP contribution in [0.15, 0.2) is 47.6 Å². The summed E-state index contributed by atoms with van der Waals surface area (Å²) in [6, 6.07) is 5.62. The molecule has 0 radical (unpaired) electrons. The maximum atomic E-state index is 13.8. The van der Waals surface area contributed by atoms with Crippen LogP contribution in [-0.2, 0) is 10.0 Å². The Hall–Kier alpha value is -2.39. The predicted molar refractivity (Wildman–Crippen MR) is 85.3 cm³/mol. The van der Waals surface area contributed by atoms with E-state index in [2.05, 4.69) is 4.98 Å². The van der Waals surface area contributed by atoms with Gasteiger partial charge in [0.2, 0.25) is 10.0 Å². The largest absolute Gasteiger partial charge is 0.336 e. The molecule has 0 unspecified atom stereocenters. The number of aromatic nitrogens is 1. The smallest absolute Gasteiger partial charge is 0.255 e. The van der Waals surface area contributed by atoms with E-state index >= 15 is 0 Å². The molecule has 3 rings (SSSR count). The number of carbonyl (C=O) groups excluding carboxylic acids is 1. The molecule has 2 aromatic rings. The van der Waals surface area contributed by atoms with Crippen LogP contribution in [0.1, 0.15) is 10.4 Å². The van der Waals surface area contributed by atoms with Crippen LogP contribution in [0, 0.1) is 11.6 Å². The number of amides is 1. The SMILES string of the molecule is O=C(c1cccnc1)N1CCN(S(=O)(=O)c2ccc(F)cc2F)CC1. The first-order valence-electron chi connectivity index (χ1n) is 7.54. The average molecular weight is 367 g/mol.